The first-order valence-corrected chi connectivity index (χ1v) is 8.53. The first-order valence-electron chi connectivity index (χ1n) is 8.53. The lowest BCUT2D eigenvalue weighted by Gasteiger charge is -2.37. The standard InChI is InChI=1S/C18H26N4O/c1-15-16(13-20-21-15)12-19-17(23)11-18(7-3-2-4-8-18)14-22-9-5-6-10-22/h5-6,9-10,13H,2-4,7-8,11-12,14H2,1H3,(H,19,23)(H,20,21). The molecule has 3 rings (SSSR count). The first kappa shape index (κ1) is 15.8. The van der Waals surface area contributed by atoms with Gasteiger partial charge in [0.1, 0.15) is 0 Å². The predicted molar refractivity (Wildman–Crippen MR) is 89.7 cm³/mol. The van der Waals surface area contributed by atoms with E-state index < -0.39 is 0 Å². The molecular formula is C18H26N4O. The summed E-state index contributed by atoms with van der Waals surface area (Å²) < 4.78 is 2.22. The maximum Gasteiger partial charge on any atom is 0.220 e. The molecule has 1 fully saturated rings. The zero-order valence-electron chi connectivity index (χ0n) is 13.8. The number of aryl methyl sites for hydroxylation is 1. The Morgan fingerprint density at radius 1 is 1.30 bits per heavy atom. The Kier molecular flexibility index (Phi) is 4.84. The molecule has 1 amide bonds. The molecule has 2 aromatic heterocycles. The quantitative estimate of drug-likeness (QED) is 0.860. The summed E-state index contributed by atoms with van der Waals surface area (Å²) in [6.07, 6.45) is 12.6. The molecule has 1 aliphatic rings. The molecule has 2 N–H and O–H groups in total. The number of aromatic nitrogens is 3. The largest absolute Gasteiger partial charge is 0.354 e. The predicted octanol–water partition coefficient (Wildman–Crippen LogP) is 3.18. The second-order valence-corrected chi connectivity index (χ2v) is 6.89. The zero-order chi connectivity index (χ0) is 16.1. The summed E-state index contributed by atoms with van der Waals surface area (Å²) in [6, 6.07) is 4.11. The Labute approximate surface area is 137 Å². The molecule has 5 heteroatoms. The summed E-state index contributed by atoms with van der Waals surface area (Å²) in [5.41, 5.74) is 2.18. The summed E-state index contributed by atoms with van der Waals surface area (Å²) in [5, 5.41) is 9.97. The average molecular weight is 314 g/mol. The van der Waals surface area contributed by atoms with Crippen LogP contribution in [0.4, 0.5) is 0 Å². The van der Waals surface area contributed by atoms with Gasteiger partial charge in [-0.15, -0.1) is 0 Å². The summed E-state index contributed by atoms with van der Waals surface area (Å²) in [5.74, 6) is 0.152. The van der Waals surface area contributed by atoms with E-state index in [2.05, 4.69) is 44.6 Å². The molecule has 124 valence electrons. The number of nitrogens with one attached hydrogen (secondary N) is 2. The van der Waals surface area contributed by atoms with E-state index in [-0.39, 0.29) is 11.3 Å². The van der Waals surface area contributed by atoms with Crippen LogP contribution >= 0.6 is 0 Å². The highest BCUT2D eigenvalue weighted by Crippen LogP contribution is 2.40. The lowest BCUT2D eigenvalue weighted by Crippen LogP contribution is -2.36. The molecule has 23 heavy (non-hydrogen) atoms. The number of carbonyl (C=O) groups is 1. The van der Waals surface area contributed by atoms with E-state index in [0.29, 0.717) is 13.0 Å². The van der Waals surface area contributed by atoms with Crippen molar-refractivity contribution in [1.29, 1.82) is 0 Å². The topological polar surface area (TPSA) is 62.7 Å². The molecule has 0 aliphatic heterocycles. The molecule has 0 bridgehead atoms. The van der Waals surface area contributed by atoms with Crippen LogP contribution in [0.3, 0.4) is 0 Å². The molecule has 0 saturated heterocycles. The number of aromatic amines is 1. The monoisotopic (exact) mass is 314 g/mol. The number of nitrogens with zero attached hydrogens (tertiary/aromatic N) is 2. The van der Waals surface area contributed by atoms with Crippen molar-refractivity contribution < 1.29 is 4.79 Å². The van der Waals surface area contributed by atoms with Crippen LogP contribution in [0.2, 0.25) is 0 Å². The fourth-order valence-corrected chi connectivity index (χ4v) is 3.71. The van der Waals surface area contributed by atoms with Crippen LogP contribution in [0.15, 0.2) is 30.7 Å². The van der Waals surface area contributed by atoms with Gasteiger partial charge in [0.05, 0.1) is 6.20 Å². The smallest absolute Gasteiger partial charge is 0.220 e. The minimum atomic E-state index is 0.104. The molecule has 0 atom stereocenters. The Morgan fingerprint density at radius 3 is 2.70 bits per heavy atom. The van der Waals surface area contributed by atoms with E-state index in [9.17, 15) is 4.79 Å². The van der Waals surface area contributed by atoms with Crippen LogP contribution in [0.25, 0.3) is 0 Å². The Morgan fingerprint density at radius 2 is 2.04 bits per heavy atom. The lowest BCUT2D eigenvalue weighted by molar-refractivity contribution is -0.124. The summed E-state index contributed by atoms with van der Waals surface area (Å²) >= 11 is 0. The van der Waals surface area contributed by atoms with Crippen molar-refractivity contribution in [3.05, 3.63) is 42.0 Å². The van der Waals surface area contributed by atoms with Gasteiger partial charge in [-0.3, -0.25) is 9.89 Å². The Hall–Kier alpha value is -2.04. The number of H-pyrrole nitrogens is 1. The number of hydrogen-bond acceptors (Lipinski definition) is 2. The van der Waals surface area contributed by atoms with Gasteiger partial charge in [-0.2, -0.15) is 5.10 Å². The molecular weight excluding hydrogens is 288 g/mol. The molecule has 0 aromatic carbocycles. The van der Waals surface area contributed by atoms with Crippen molar-refractivity contribution in [1.82, 2.24) is 20.1 Å². The van der Waals surface area contributed by atoms with E-state index in [1.54, 1.807) is 6.20 Å². The van der Waals surface area contributed by atoms with Gasteiger partial charge < -0.3 is 9.88 Å². The Bertz CT molecular complexity index is 623. The third kappa shape index (κ3) is 4.03. The normalized spacial score (nSPS) is 17.1. The lowest BCUT2D eigenvalue weighted by atomic mass is 9.71. The van der Waals surface area contributed by atoms with Crippen LogP contribution in [0.5, 0.6) is 0 Å². The maximum absolute atomic E-state index is 12.5. The van der Waals surface area contributed by atoms with Crippen LogP contribution in [0.1, 0.15) is 49.8 Å². The average Bonchev–Trinajstić information content (AvgIpc) is 3.18. The maximum atomic E-state index is 12.5. The molecule has 5 nitrogen and oxygen atoms in total. The third-order valence-corrected chi connectivity index (χ3v) is 5.04. The van der Waals surface area contributed by atoms with Crippen LogP contribution in [-0.2, 0) is 17.9 Å². The zero-order valence-corrected chi connectivity index (χ0v) is 13.8. The molecule has 1 saturated carbocycles. The first-order chi connectivity index (χ1) is 11.2. The molecule has 0 unspecified atom stereocenters. The number of carbonyl (C=O) groups excluding carboxylic acids is 1. The number of amides is 1. The van der Waals surface area contributed by atoms with Gasteiger partial charge in [0.25, 0.3) is 0 Å². The van der Waals surface area contributed by atoms with E-state index in [4.69, 9.17) is 0 Å². The van der Waals surface area contributed by atoms with E-state index in [0.717, 1.165) is 30.6 Å². The molecule has 2 heterocycles. The van der Waals surface area contributed by atoms with Crippen LogP contribution < -0.4 is 5.32 Å². The van der Waals surface area contributed by atoms with E-state index in [1.165, 1.54) is 19.3 Å². The van der Waals surface area contributed by atoms with Crippen molar-refractivity contribution in [3.63, 3.8) is 0 Å². The minimum absolute atomic E-state index is 0.104. The summed E-state index contributed by atoms with van der Waals surface area (Å²) in [7, 11) is 0. The van der Waals surface area contributed by atoms with E-state index >= 15 is 0 Å². The molecule has 1 aliphatic carbocycles. The highest BCUT2D eigenvalue weighted by molar-refractivity contribution is 5.76. The summed E-state index contributed by atoms with van der Waals surface area (Å²) in [6.45, 7) is 3.47. The SMILES string of the molecule is Cc1[nH]ncc1CNC(=O)CC1(Cn2cccc2)CCCCC1. The van der Waals surface area contributed by atoms with Gasteiger partial charge in [0.2, 0.25) is 5.91 Å². The van der Waals surface area contributed by atoms with Crippen molar-refractivity contribution in [2.45, 2.75) is 58.5 Å². The van der Waals surface area contributed by atoms with Crippen molar-refractivity contribution in [2.75, 3.05) is 0 Å². The number of rotatable bonds is 6. The molecule has 0 spiro atoms. The molecule has 0 radical (unpaired) electrons. The van der Waals surface area contributed by atoms with Crippen LogP contribution in [0, 0.1) is 12.3 Å². The van der Waals surface area contributed by atoms with Gasteiger partial charge in [0.15, 0.2) is 0 Å². The van der Waals surface area contributed by atoms with Gasteiger partial charge in [-0.05, 0) is 37.3 Å². The minimum Gasteiger partial charge on any atom is -0.354 e. The summed E-state index contributed by atoms with van der Waals surface area (Å²) in [4.78, 5) is 12.5. The van der Waals surface area contributed by atoms with Crippen molar-refractivity contribution in [3.8, 4) is 0 Å². The van der Waals surface area contributed by atoms with E-state index in [1.807, 2.05) is 6.92 Å². The van der Waals surface area contributed by atoms with Gasteiger partial charge in [0, 0.05) is 43.2 Å². The fraction of sp³-hybridized carbons (Fsp3) is 0.556. The molecule has 2 aromatic rings. The van der Waals surface area contributed by atoms with Gasteiger partial charge in [-0.25, -0.2) is 0 Å². The van der Waals surface area contributed by atoms with Crippen LogP contribution in [-0.4, -0.2) is 20.7 Å². The van der Waals surface area contributed by atoms with Gasteiger partial charge in [-0.1, -0.05) is 19.3 Å². The highest BCUT2D eigenvalue weighted by Gasteiger charge is 2.34. The van der Waals surface area contributed by atoms with Gasteiger partial charge >= 0.3 is 0 Å². The van der Waals surface area contributed by atoms with Crippen molar-refractivity contribution in [2.24, 2.45) is 5.41 Å². The fourth-order valence-electron chi connectivity index (χ4n) is 3.71. The number of hydrogen-bond donors (Lipinski definition) is 2. The second-order valence-electron chi connectivity index (χ2n) is 6.89. The van der Waals surface area contributed by atoms with Crippen molar-refractivity contribution >= 4 is 5.91 Å². The third-order valence-electron chi connectivity index (χ3n) is 5.04. The highest BCUT2D eigenvalue weighted by atomic mass is 16.1. The second kappa shape index (κ2) is 7.02. The Balaban J connectivity index is 1.61.